The van der Waals surface area contributed by atoms with Crippen LogP contribution in [0.1, 0.15) is 32.5 Å². The van der Waals surface area contributed by atoms with Gasteiger partial charge >= 0.3 is 0 Å². The van der Waals surface area contributed by atoms with Crippen LogP contribution in [0.5, 0.6) is 0 Å². The Morgan fingerprint density at radius 3 is 2.73 bits per heavy atom. The third-order valence-electron chi connectivity index (χ3n) is 4.43. The van der Waals surface area contributed by atoms with E-state index in [1.54, 1.807) is 0 Å². The molecule has 0 spiro atoms. The molecule has 0 aliphatic rings. The van der Waals surface area contributed by atoms with Crippen molar-refractivity contribution in [1.29, 1.82) is 0 Å². The lowest BCUT2D eigenvalue weighted by molar-refractivity contribution is 0.104. The van der Waals surface area contributed by atoms with Gasteiger partial charge in [-0.15, -0.1) is 11.3 Å². The van der Waals surface area contributed by atoms with Crippen LogP contribution in [0.15, 0.2) is 40.5 Å². The molecule has 1 aromatic carbocycles. The van der Waals surface area contributed by atoms with Gasteiger partial charge in [-0.3, -0.25) is 9.69 Å². The second-order valence-corrected chi connectivity index (χ2v) is 7.36. The molecule has 26 heavy (non-hydrogen) atoms. The molecule has 0 saturated carbocycles. The monoisotopic (exact) mass is 371 g/mol. The number of aliphatic hydroxyl groups is 1. The number of H-pyrrole nitrogens is 1. The fraction of sp³-hybridized carbons (Fsp3) is 0.400. The van der Waals surface area contributed by atoms with Crippen LogP contribution < -0.4 is 5.56 Å². The lowest BCUT2D eigenvalue weighted by Crippen LogP contribution is -2.33. The summed E-state index contributed by atoms with van der Waals surface area (Å²) in [6, 6.07) is 9.91. The second kappa shape index (κ2) is 8.58. The third kappa shape index (κ3) is 4.20. The lowest BCUT2D eigenvalue weighted by atomic mass is 10.1. The van der Waals surface area contributed by atoms with Crippen molar-refractivity contribution < 1.29 is 5.11 Å². The van der Waals surface area contributed by atoms with Gasteiger partial charge in [0.25, 0.3) is 5.56 Å². The van der Waals surface area contributed by atoms with Crippen LogP contribution in [0.2, 0.25) is 0 Å². The van der Waals surface area contributed by atoms with Gasteiger partial charge in [-0.25, -0.2) is 4.98 Å². The molecule has 0 fully saturated rings. The Morgan fingerprint density at radius 2 is 2.04 bits per heavy atom. The van der Waals surface area contributed by atoms with E-state index in [9.17, 15) is 9.90 Å². The summed E-state index contributed by atoms with van der Waals surface area (Å²) in [5.74, 6) is 0.653. The standard InChI is InChI=1S/C20H25N3O2S/c1-3-10-23(11-15(24)4-2)12-17-21-19(25)18-16(13-26-20(18)22-17)14-8-6-5-7-9-14/h5-9,13,15,24H,3-4,10-12H2,1-2H3,(H,21,22,25). The minimum Gasteiger partial charge on any atom is -0.392 e. The summed E-state index contributed by atoms with van der Waals surface area (Å²) in [6.45, 7) is 6.06. The van der Waals surface area contributed by atoms with Crippen molar-refractivity contribution in [3.05, 3.63) is 51.9 Å². The quantitative estimate of drug-likeness (QED) is 0.634. The average Bonchev–Trinajstić information content (AvgIpc) is 3.07. The molecule has 0 aliphatic carbocycles. The topological polar surface area (TPSA) is 69.2 Å². The Balaban J connectivity index is 1.91. The maximum Gasteiger partial charge on any atom is 0.260 e. The highest BCUT2D eigenvalue weighted by Gasteiger charge is 2.15. The largest absolute Gasteiger partial charge is 0.392 e. The molecule has 3 rings (SSSR count). The van der Waals surface area contributed by atoms with Crippen LogP contribution >= 0.6 is 11.3 Å². The summed E-state index contributed by atoms with van der Waals surface area (Å²) < 4.78 is 0. The molecular weight excluding hydrogens is 346 g/mol. The Labute approximate surface area is 157 Å². The first kappa shape index (κ1) is 18.8. The van der Waals surface area contributed by atoms with Crippen molar-refractivity contribution in [2.75, 3.05) is 13.1 Å². The molecule has 1 unspecified atom stereocenters. The number of rotatable bonds is 8. The smallest absolute Gasteiger partial charge is 0.260 e. The van der Waals surface area contributed by atoms with Gasteiger partial charge in [-0.2, -0.15) is 0 Å². The van der Waals surface area contributed by atoms with Gasteiger partial charge in [0.2, 0.25) is 0 Å². The Morgan fingerprint density at radius 1 is 1.27 bits per heavy atom. The van der Waals surface area contributed by atoms with Gasteiger partial charge in [-0.1, -0.05) is 44.2 Å². The number of aromatic nitrogens is 2. The number of hydrogen-bond donors (Lipinski definition) is 2. The zero-order valence-electron chi connectivity index (χ0n) is 15.2. The fourth-order valence-electron chi connectivity index (χ4n) is 3.09. The summed E-state index contributed by atoms with van der Waals surface area (Å²) in [4.78, 5) is 23.2. The van der Waals surface area contributed by atoms with Gasteiger partial charge in [0.1, 0.15) is 10.7 Å². The lowest BCUT2D eigenvalue weighted by Gasteiger charge is -2.23. The maximum absolute atomic E-state index is 12.7. The van der Waals surface area contributed by atoms with E-state index in [1.807, 2.05) is 42.6 Å². The fourth-order valence-corrected chi connectivity index (χ4v) is 4.06. The molecule has 2 aromatic heterocycles. The molecule has 2 heterocycles. The molecule has 138 valence electrons. The number of thiophene rings is 1. The zero-order chi connectivity index (χ0) is 18.5. The molecule has 0 bridgehead atoms. The number of hydrogen-bond acceptors (Lipinski definition) is 5. The molecule has 0 saturated heterocycles. The number of aromatic amines is 1. The summed E-state index contributed by atoms with van der Waals surface area (Å²) in [7, 11) is 0. The average molecular weight is 372 g/mol. The van der Waals surface area contributed by atoms with Crippen molar-refractivity contribution in [2.24, 2.45) is 0 Å². The van der Waals surface area contributed by atoms with Crippen molar-refractivity contribution >= 4 is 21.6 Å². The first-order valence-corrected chi connectivity index (χ1v) is 9.96. The maximum atomic E-state index is 12.7. The number of aliphatic hydroxyl groups excluding tert-OH is 1. The highest BCUT2D eigenvalue weighted by atomic mass is 32.1. The van der Waals surface area contributed by atoms with E-state index in [2.05, 4.69) is 21.8 Å². The summed E-state index contributed by atoms with van der Waals surface area (Å²) in [5, 5.41) is 12.6. The summed E-state index contributed by atoms with van der Waals surface area (Å²) >= 11 is 1.50. The van der Waals surface area contributed by atoms with E-state index >= 15 is 0 Å². The van der Waals surface area contributed by atoms with Crippen molar-refractivity contribution in [2.45, 2.75) is 39.3 Å². The minimum atomic E-state index is -0.358. The molecule has 5 nitrogen and oxygen atoms in total. The first-order valence-electron chi connectivity index (χ1n) is 9.08. The number of benzene rings is 1. The highest BCUT2D eigenvalue weighted by molar-refractivity contribution is 7.17. The number of fused-ring (bicyclic) bond motifs is 1. The van der Waals surface area contributed by atoms with Gasteiger partial charge < -0.3 is 10.1 Å². The van der Waals surface area contributed by atoms with Crippen LogP contribution in [-0.2, 0) is 6.54 Å². The molecular formula is C20H25N3O2S. The number of nitrogens with one attached hydrogen (secondary N) is 1. The summed E-state index contributed by atoms with van der Waals surface area (Å²) in [5.41, 5.74) is 1.85. The molecule has 1 atom stereocenters. The predicted octanol–water partition coefficient (Wildman–Crippen LogP) is 3.63. The van der Waals surface area contributed by atoms with Gasteiger partial charge in [-0.05, 0) is 24.9 Å². The van der Waals surface area contributed by atoms with E-state index in [0.717, 1.165) is 28.9 Å². The first-order chi connectivity index (χ1) is 12.6. The van der Waals surface area contributed by atoms with Crippen LogP contribution in [-0.4, -0.2) is 39.2 Å². The SMILES string of the molecule is CCCN(Cc1nc2scc(-c3ccccc3)c2c(=O)[nH]1)CC(O)CC. The Bertz CT molecular complexity index is 904. The molecule has 0 radical (unpaired) electrons. The Kier molecular flexibility index (Phi) is 6.19. The van der Waals surface area contributed by atoms with Gasteiger partial charge in [0.15, 0.2) is 0 Å². The van der Waals surface area contributed by atoms with Crippen molar-refractivity contribution in [3.8, 4) is 11.1 Å². The van der Waals surface area contributed by atoms with Crippen LogP contribution in [0.3, 0.4) is 0 Å². The van der Waals surface area contributed by atoms with Gasteiger partial charge in [0, 0.05) is 17.5 Å². The van der Waals surface area contributed by atoms with E-state index < -0.39 is 0 Å². The van der Waals surface area contributed by atoms with E-state index in [0.29, 0.717) is 30.7 Å². The molecule has 6 heteroatoms. The van der Waals surface area contributed by atoms with E-state index in [1.165, 1.54) is 11.3 Å². The van der Waals surface area contributed by atoms with E-state index in [4.69, 9.17) is 0 Å². The van der Waals surface area contributed by atoms with Crippen LogP contribution in [0, 0.1) is 0 Å². The zero-order valence-corrected chi connectivity index (χ0v) is 16.1. The minimum absolute atomic E-state index is 0.0995. The molecule has 3 aromatic rings. The molecule has 2 N–H and O–H groups in total. The highest BCUT2D eigenvalue weighted by Crippen LogP contribution is 2.30. The second-order valence-electron chi connectivity index (χ2n) is 6.51. The van der Waals surface area contributed by atoms with Crippen molar-refractivity contribution in [3.63, 3.8) is 0 Å². The summed E-state index contributed by atoms with van der Waals surface area (Å²) in [6.07, 6.45) is 1.35. The van der Waals surface area contributed by atoms with Gasteiger partial charge in [0.05, 0.1) is 18.0 Å². The molecule has 0 amide bonds. The third-order valence-corrected chi connectivity index (χ3v) is 5.30. The van der Waals surface area contributed by atoms with Crippen LogP contribution in [0.4, 0.5) is 0 Å². The van der Waals surface area contributed by atoms with Crippen molar-refractivity contribution in [1.82, 2.24) is 14.9 Å². The van der Waals surface area contributed by atoms with Crippen LogP contribution in [0.25, 0.3) is 21.3 Å². The predicted molar refractivity (Wildman–Crippen MR) is 108 cm³/mol. The Hall–Kier alpha value is -2.02. The molecule has 0 aliphatic heterocycles. The van der Waals surface area contributed by atoms with E-state index in [-0.39, 0.29) is 11.7 Å². The normalized spacial score (nSPS) is 12.8. The number of nitrogens with zero attached hydrogens (tertiary/aromatic N) is 2.